The molecule has 23 heavy (non-hydrogen) atoms. The molecule has 2 aromatic rings. The van der Waals surface area contributed by atoms with Crippen LogP contribution in [0.2, 0.25) is 0 Å². The van der Waals surface area contributed by atoms with Crippen molar-refractivity contribution in [3.8, 4) is 0 Å². The van der Waals surface area contributed by atoms with Crippen LogP contribution in [0.25, 0.3) is 0 Å². The minimum absolute atomic E-state index is 0.507. The van der Waals surface area contributed by atoms with Gasteiger partial charge in [-0.25, -0.2) is 4.98 Å². The lowest BCUT2D eigenvalue weighted by molar-refractivity contribution is 0.197. The molecule has 0 amide bonds. The topological polar surface area (TPSA) is 71.4 Å². The Kier molecular flexibility index (Phi) is 3.90. The summed E-state index contributed by atoms with van der Waals surface area (Å²) in [7, 11) is 2.13. The Balaban J connectivity index is 1.29. The molecule has 2 aromatic heterocycles. The van der Waals surface area contributed by atoms with Gasteiger partial charge in [-0.15, -0.1) is 0 Å². The number of hydrogen-bond acceptors (Lipinski definition) is 7. The van der Waals surface area contributed by atoms with Crippen LogP contribution in [0.4, 0.5) is 0 Å². The van der Waals surface area contributed by atoms with Crippen LogP contribution in [0.1, 0.15) is 48.5 Å². The highest BCUT2D eigenvalue weighted by atomic mass is 16.5. The third kappa shape index (κ3) is 3.45. The van der Waals surface area contributed by atoms with E-state index in [0.29, 0.717) is 12.0 Å². The van der Waals surface area contributed by atoms with E-state index in [9.17, 15) is 0 Å². The van der Waals surface area contributed by atoms with Gasteiger partial charge in [-0.1, -0.05) is 5.16 Å². The molecular weight excluding hydrogens is 294 g/mol. The van der Waals surface area contributed by atoms with Crippen LogP contribution in [0.3, 0.4) is 0 Å². The number of nitrogens with zero attached hydrogens (tertiary/aromatic N) is 5. The zero-order valence-electron chi connectivity index (χ0n) is 13.7. The van der Waals surface area contributed by atoms with Crippen LogP contribution in [0, 0.1) is 6.92 Å². The molecule has 1 unspecified atom stereocenters. The maximum absolute atomic E-state index is 5.57. The molecule has 1 atom stereocenters. The number of likely N-dealkylation sites (tertiary alicyclic amines) is 1. The normalized spacial score (nSPS) is 22.3. The first-order valence-corrected chi connectivity index (χ1v) is 8.34. The number of likely N-dealkylation sites (N-methyl/N-ethyl adjacent to an activating group) is 1. The SMILES string of the molecule is Cc1cnc(CN(C)C2CCN(Cc3nc(C4CC4)no3)C2)o1. The van der Waals surface area contributed by atoms with Crippen molar-refractivity contribution in [1.82, 2.24) is 24.9 Å². The van der Waals surface area contributed by atoms with E-state index in [1.165, 1.54) is 12.8 Å². The molecule has 7 heteroatoms. The highest BCUT2D eigenvalue weighted by molar-refractivity contribution is 5.03. The average molecular weight is 317 g/mol. The second-order valence-corrected chi connectivity index (χ2v) is 6.78. The molecule has 124 valence electrons. The summed E-state index contributed by atoms with van der Waals surface area (Å²) in [5.74, 6) is 3.85. The van der Waals surface area contributed by atoms with Gasteiger partial charge in [-0.2, -0.15) is 4.98 Å². The molecular formula is C16H23N5O2. The summed E-state index contributed by atoms with van der Waals surface area (Å²) in [5, 5.41) is 4.09. The summed E-state index contributed by atoms with van der Waals surface area (Å²) in [6.45, 7) is 5.49. The van der Waals surface area contributed by atoms with Gasteiger partial charge in [0.15, 0.2) is 5.82 Å². The van der Waals surface area contributed by atoms with Gasteiger partial charge in [0.1, 0.15) is 5.76 Å². The molecule has 2 aliphatic rings. The van der Waals surface area contributed by atoms with Crippen molar-refractivity contribution in [2.45, 2.75) is 51.2 Å². The van der Waals surface area contributed by atoms with E-state index in [4.69, 9.17) is 8.94 Å². The minimum atomic E-state index is 0.507. The number of oxazole rings is 1. The molecule has 1 aliphatic carbocycles. The highest BCUT2D eigenvalue weighted by Crippen LogP contribution is 2.38. The molecule has 1 saturated heterocycles. The Morgan fingerprint density at radius 1 is 1.30 bits per heavy atom. The minimum Gasteiger partial charge on any atom is -0.445 e. The van der Waals surface area contributed by atoms with Crippen LogP contribution >= 0.6 is 0 Å². The summed E-state index contributed by atoms with van der Waals surface area (Å²) >= 11 is 0. The highest BCUT2D eigenvalue weighted by Gasteiger charge is 2.30. The van der Waals surface area contributed by atoms with Gasteiger partial charge < -0.3 is 8.94 Å². The quantitative estimate of drug-likeness (QED) is 0.806. The third-order valence-corrected chi connectivity index (χ3v) is 4.71. The Hall–Kier alpha value is -1.73. The maximum atomic E-state index is 5.57. The molecule has 0 bridgehead atoms. The predicted molar refractivity (Wildman–Crippen MR) is 82.7 cm³/mol. The summed E-state index contributed by atoms with van der Waals surface area (Å²) < 4.78 is 10.9. The van der Waals surface area contributed by atoms with Crippen molar-refractivity contribution in [3.05, 3.63) is 29.6 Å². The molecule has 7 nitrogen and oxygen atoms in total. The predicted octanol–water partition coefficient (Wildman–Crippen LogP) is 1.95. The van der Waals surface area contributed by atoms with Gasteiger partial charge in [-0.05, 0) is 33.2 Å². The van der Waals surface area contributed by atoms with E-state index in [1.54, 1.807) is 6.20 Å². The molecule has 3 heterocycles. The van der Waals surface area contributed by atoms with Gasteiger partial charge in [0.25, 0.3) is 0 Å². The molecule has 0 aromatic carbocycles. The Bertz CT molecular complexity index is 663. The van der Waals surface area contributed by atoms with Gasteiger partial charge in [0.2, 0.25) is 11.8 Å². The smallest absolute Gasteiger partial charge is 0.240 e. The maximum Gasteiger partial charge on any atom is 0.240 e. The van der Waals surface area contributed by atoms with E-state index in [0.717, 1.165) is 56.0 Å². The second kappa shape index (κ2) is 6.05. The molecule has 2 fully saturated rings. The lowest BCUT2D eigenvalue weighted by Crippen LogP contribution is -2.34. The summed E-state index contributed by atoms with van der Waals surface area (Å²) in [4.78, 5) is 13.5. The van der Waals surface area contributed by atoms with Gasteiger partial charge in [0.05, 0.1) is 19.3 Å². The van der Waals surface area contributed by atoms with E-state index in [1.807, 2.05) is 6.92 Å². The molecule has 0 spiro atoms. The number of rotatable bonds is 6. The van der Waals surface area contributed by atoms with Crippen molar-refractivity contribution < 1.29 is 8.94 Å². The molecule has 1 aliphatic heterocycles. The number of aryl methyl sites for hydroxylation is 1. The first-order valence-electron chi connectivity index (χ1n) is 8.34. The van der Waals surface area contributed by atoms with E-state index in [2.05, 4.69) is 32.0 Å². The molecule has 0 N–H and O–H groups in total. The average Bonchev–Trinajstić information content (AvgIpc) is 2.93. The van der Waals surface area contributed by atoms with Crippen molar-refractivity contribution in [1.29, 1.82) is 0 Å². The van der Waals surface area contributed by atoms with E-state index >= 15 is 0 Å². The number of hydrogen-bond donors (Lipinski definition) is 0. The Morgan fingerprint density at radius 3 is 2.91 bits per heavy atom. The first-order chi connectivity index (χ1) is 11.2. The molecule has 0 radical (unpaired) electrons. The fourth-order valence-electron chi connectivity index (χ4n) is 3.16. The third-order valence-electron chi connectivity index (χ3n) is 4.71. The Labute approximate surface area is 135 Å². The van der Waals surface area contributed by atoms with Crippen molar-refractivity contribution in [2.24, 2.45) is 0 Å². The van der Waals surface area contributed by atoms with Gasteiger partial charge in [0, 0.05) is 25.0 Å². The van der Waals surface area contributed by atoms with Crippen LogP contribution in [-0.2, 0) is 13.1 Å². The van der Waals surface area contributed by atoms with Crippen molar-refractivity contribution >= 4 is 0 Å². The van der Waals surface area contributed by atoms with Crippen molar-refractivity contribution in [3.63, 3.8) is 0 Å². The standard InChI is InChI=1S/C16H23N5O2/c1-11-7-17-14(22-11)9-20(2)13-5-6-21(8-13)10-15-18-16(19-23-15)12-3-4-12/h7,12-13H,3-6,8-10H2,1-2H3. The second-order valence-electron chi connectivity index (χ2n) is 6.78. The summed E-state index contributed by atoms with van der Waals surface area (Å²) in [6.07, 6.45) is 5.32. The van der Waals surface area contributed by atoms with Gasteiger partial charge >= 0.3 is 0 Å². The first kappa shape index (κ1) is 14.8. The van der Waals surface area contributed by atoms with Crippen LogP contribution in [0.15, 0.2) is 15.1 Å². The summed E-state index contributed by atoms with van der Waals surface area (Å²) in [6, 6.07) is 0.507. The lowest BCUT2D eigenvalue weighted by Gasteiger charge is -2.22. The Morgan fingerprint density at radius 2 is 2.17 bits per heavy atom. The van der Waals surface area contributed by atoms with Crippen molar-refractivity contribution in [2.75, 3.05) is 20.1 Å². The van der Waals surface area contributed by atoms with E-state index in [-0.39, 0.29) is 0 Å². The largest absolute Gasteiger partial charge is 0.445 e. The number of aromatic nitrogens is 3. The van der Waals surface area contributed by atoms with Crippen LogP contribution in [-0.4, -0.2) is 51.1 Å². The van der Waals surface area contributed by atoms with Crippen LogP contribution in [0.5, 0.6) is 0 Å². The fraction of sp³-hybridized carbons (Fsp3) is 0.688. The fourth-order valence-corrected chi connectivity index (χ4v) is 3.16. The molecule has 1 saturated carbocycles. The van der Waals surface area contributed by atoms with Crippen LogP contribution < -0.4 is 0 Å². The van der Waals surface area contributed by atoms with Gasteiger partial charge in [-0.3, -0.25) is 9.80 Å². The zero-order chi connectivity index (χ0) is 15.8. The lowest BCUT2D eigenvalue weighted by atomic mass is 10.2. The monoisotopic (exact) mass is 317 g/mol. The molecule has 4 rings (SSSR count). The van der Waals surface area contributed by atoms with E-state index < -0.39 is 0 Å². The summed E-state index contributed by atoms with van der Waals surface area (Å²) in [5.41, 5.74) is 0. The zero-order valence-corrected chi connectivity index (χ0v) is 13.7.